The normalized spacial score (nSPS) is 16.8. The standard InChI is InChI=1S/C38H42N4O4/c1-26-22-30(20-21-42(26)37(43)46-38(2,3)4)29-16-17-31-33(23-29)41(5)40-35(31)32-18-19-34(44-24-27-12-8-6-9-13-27)39-36(32)45-25-28-14-10-7-11-15-28/h6-19,23,26,30H,20-22,24-25H2,1-5H3/t26-,30?/m0/s1. The molecule has 1 amide bonds. The second kappa shape index (κ2) is 13.3. The van der Waals surface area contributed by atoms with E-state index >= 15 is 0 Å². The van der Waals surface area contributed by atoms with Crippen LogP contribution in [0.5, 0.6) is 11.8 Å². The lowest BCUT2D eigenvalue weighted by Crippen LogP contribution is -2.46. The number of aromatic nitrogens is 3. The second-order valence-corrected chi connectivity index (χ2v) is 13.0. The van der Waals surface area contributed by atoms with Crippen molar-refractivity contribution in [2.45, 2.75) is 71.3 Å². The average Bonchev–Trinajstić information content (AvgIpc) is 3.38. The first kappa shape index (κ1) is 31.1. The van der Waals surface area contributed by atoms with Gasteiger partial charge in [-0.15, -0.1) is 0 Å². The maximum atomic E-state index is 12.8. The van der Waals surface area contributed by atoms with E-state index < -0.39 is 5.60 Å². The lowest BCUT2D eigenvalue weighted by molar-refractivity contribution is 0.0103. The van der Waals surface area contributed by atoms with E-state index in [4.69, 9.17) is 24.3 Å². The number of ether oxygens (including phenoxy) is 3. The van der Waals surface area contributed by atoms with E-state index in [-0.39, 0.29) is 12.1 Å². The van der Waals surface area contributed by atoms with Gasteiger partial charge < -0.3 is 19.1 Å². The quantitative estimate of drug-likeness (QED) is 0.174. The van der Waals surface area contributed by atoms with Crippen LogP contribution in [0.2, 0.25) is 0 Å². The minimum Gasteiger partial charge on any atom is -0.473 e. The van der Waals surface area contributed by atoms with Crippen molar-refractivity contribution in [1.29, 1.82) is 0 Å². The van der Waals surface area contributed by atoms with Crippen molar-refractivity contribution in [3.05, 3.63) is 108 Å². The van der Waals surface area contributed by atoms with Gasteiger partial charge in [-0.05, 0) is 75.3 Å². The lowest BCUT2D eigenvalue weighted by Gasteiger charge is -2.38. The molecule has 0 bridgehead atoms. The summed E-state index contributed by atoms with van der Waals surface area (Å²) in [7, 11) is 1.97. The first-order valence-electron chi connectivity index (χ1n) is 16.0. The Morgan fingerprint density at radius 2 is 1.57 bits per heavy atom. The number of aryl methyl sites for hydroxylation is 1. The van der Waals surface area contributed by atoms with Gasteiger partial charge in [0, 0.05) is 31.1 Å². The molecule has 6 rings (SSSR count). The minimum absolute atomic E-state index is 0.0874. The molecule has 238 valence electrons. The van der Waals surface area contributed by atoms with Gasteiger partial charge in [-0.25, -0.2) is 4.79 Å². The van der Waals surface area contributed by atoms with Gasteiger partial charge in [0.25, 0.3) is 0 Å². The fraction of sp³-hybridized carbons (Fsp3) is 0.342. The van der Waals surface area contributed by atoms with E-state index in [9.17, 15) is 4.79 Å². The van der Waals surface area contributed by atoms with Crippen LogP contribution in [0.25, 0.3) is 22.2 Å². The van der Waals surface area contributed by atoms with Gasteiger partial charge in [0.05, 0.1) is 11.1 Å². The van der Waals surface area contributed by atoms with E-state index in [0.717, 1.165) is 46.1 Å². The molecule has 0 N–H and O–H groups in total. The van der Waals surface area contributed by atoms with Crippen molar-refractivity contribution in [3.8, 4) is 23.0 Å². The molecule has 8 nitrogen and oxygen atoms in total. The number of fused-ring (bicyclic) bond motifs is 1. The number of hydrogen-bond donors (Lipinski definition) is 0. The highest BCUT2D eigenvalue weighted by atomic mass is 16.6. The van der Waals surface area contributed by atoms with E-state index in [1.54, 1.807) is 0 Å². The van der Waals surface area contributed by atoms with Crippen LogP contribution in [-0.2, 0) is 25.0 Å². The molecule has 5 aromatic rings. The van der Waals surface area contributed by atoms with Gasteiger partial charge in [-0.3, -0.25) is 4.68 Å². The molecule has 1 aliphatic heterocycles. The monoisotopic (exact) mass is 618 g/mol. The van der Waals surface area contributed by atoms with Gasteiger partial charge in [-0.1, -0.05) is 72.8 Å². The number of nitrogens with zero attached hydrogens (tertiary/aromatic N) is 4. The van der Waals surface area contributed by atoms with Crippen LogP contribution in [0.1, 0.15) is 63.1 Å². The second-order valence-electron chi connectivity index (χ2n) is 13.0. The fourth-order valence-electron chi connectivity index (χ4n) is 6.05. The predicted molar refractivity (Wildman–Crippen MR) is 180 cm³/mol. The summed E-state index contributed by atoms with van der Waals surface area (Å²) in [4.78, 5) is 19.4. The molecule has 1 saturated heterocycles. The van der Waals surface area contributed by atoms with Crippen molar-refractivity contribution in [3.63, 3.8) is 0 Å². The van der Waals surface area contributed by atoms with Gasteiger partial charge >= 0.3 is 6.09 Å². The van der Waals surface area contributed by atoms with Crippen LogP contribution in [0.3, 0.4) is 0 Å². The molecule has 3 aromatic carbocycles. The molecule has 46 heavy (non-hydrogen) atoms. The Kier molecular flexibility index (Phi) is 8.97. The Morgan fingerprint density at radius 3 is 2.22 bits per heavy atom. The Morgan fingerprint density at radius 1 is 0.891 bits per heavy atom. The van der Waals surface area contributed by atoms with Gasteiger partial charge in [0.1, 0.15) is 24.5 Å². The molecule has 0 spiro atoms. The molecule has 2 aromatic heterocycles. The van der Waals surface area contributed by atoms with Crippen molar-refractivity contribution in [1.82, 2.24) is 19.7 Å². The van der Waals surface area contributed by atoms with Crippen LogP contribution >= 0.6 is 0 Å². The summed E-state index contributed by atoms with van der Waals surface area (Å²) in [5.74, 6) is 1.30. The van der Waals surface area contributed by atoms with Crippen LogP contribution in [0.4, 0.5) is 4.79 Å². The molecule has 1 fully saturated rings. The number of carbonyl (C=O) groups excluding carboxylic acids is 1. The van der Waals surface area contributed by atoms with Crippen LogP contribution in [0, 0.1) is 0 Å². The highest BCUT2D eigenvalue weighted by Crippen LogP contribution is 2.38. The van der Waals surface area contributed by atoms with Crippen molar-refractivity contribution in [2.75, 3.05) is 6.54 Å². The van der Waals surface area contributed by atoms with E-state index in [1.807, 2.05) is 110 Å². The summed E-state index contributed by atoms with van der Waals surface area (Å²) in [5.41, 5.74) is 5.51. The topological polar surface area (TPSA) is 78.7 Å². The minimum atomic E-state index is -0.507. The maximum absolute atomic E-state index is 12.8. The Labute approximate surface area is 270 Å². The largest absolute Gasteiger partial charge is 0.473 e. The number of piperidine rings is 1. The molecular weight excluding hydrogens is 576 g/mol. The summed E-state index contributed by atoms with van der Waals surface area (Å²) in [5, 5.41) is 5.98. The van der Waals surface area contributed by atoms with E-state index in [0.29, 0.717) is 37.4 Å². The zero-order chi connectivity index (χ0) is 32.3. The number of carbonyl (C=O) groups is 1. The zero-order valence-electron chi connectivity index (χ0n) is 27.3. The Hall–Kier alpha value is -4.85. The number of pyridine rings is 1. The zero-order valence-corrected chi connectivity index (χ0v) is 27.3. The van der Waals surface area contributed by atoms with Crippen molar-refractivity contribution in [2.24, 2.45) is 7.05 Å². The van der Waals surface area contributed by atoms with E-state index in [2.05, 4.69) is 25.1 Å². The highest BCUT2D eigenvalue weighted by Gasteiger charge is 2.32. The van der Waals surface area contributed by atoms with Gasteiger partial charge in [-0.2, -0.15) is 10.1 Å². The molecule has 0 saturated carbocycles. The summed E-state index contributed by atoms with van der Waals surface area (Å²) in [6.45, 7) is 9.27. The molecular formula is C38H42N4O4. The highest BCUT2D eigenvalue weighted by molar-refractivity contribution is 5.95. The number of benzene rings is 3. The third-order valence-corrected chi connectivity index (χ3v) is 8.39. The summed E-state index contributed by atoms with van der Waals surface area (Å²) >= 11 is 0. The Bertz CT molecular complexity index is 1800. The van der Waals surface area contributed by atoms with E-state index in [1.165, 1.54) is 5.56 Å². The summed E-state index contributed by atoms with van der Waals surface area (Å²) in [6.07, 6.45) is 1.52. The van der Waals surface area contributed by atoms with Crippen LogP contribution < -0.4 is 9.47 Å². The van der Waals surface area contributed by atoms with Crippen molar-refractivity contribution < 1.29 is 19.0 Å². The SMILES string of the molecule is C[C@H]1CC(c2ccc3c(-c4ccc(OCc5ccccc5)nc4OCc4ccccc4)nn(C)c3c2)CCN1C(=O)OC(C)(C)C. The average molecular weight is 619 g/mol. The molecule has 0 aliphatic carbocycles. The lowest BCUT2D eigenvalue weighted by atomic mass is 9.85. The maximum Gasteiger partial charge on any atom is 0.410 e. The predicted octanol–water partition coefficient (Wildman–Crippen LogP) is 8.30. The first-order valence-corrected chi connectivity index (χ1v) is 16.0. The molecule has 1 aliphatic rings. The summed E-state index contributed by atoms with van der Waals surface area (Å²) < 4.78 is 20.0. The molecule has 8 heteroatoms. The number of rotatable bonds is 8. The van der Waals surface area contributed by atoms with Gasteiger partial charge in [0.2, 0.25) is 11.8 Å². The molecule has 2 atom stereocenters. The number of likely N-dealkylation sites (tertiary alicyclic amines) is 1. The Balaban J connectivity index is 1.26. The molecule has 3 heterocycles. The smallest absolute Gasteiger partial charge is 0.410 e. The van der Waals surface area contributed by atoms with Crippen molar-refractivity contribution >= 4 is 17.0 Å². The van der Waals surface area contributed by atoms with Crippen LogP contribution in [0.15, 0.2) is 91.0 Å². The summed E-state index contributed by atoms with van der Waals surface area (Å²) in [6, 6.07) is 30.6. The number of hydrogen-bond acceptors (Lipinski definition) is 6. The third kappa shape index (κ3) is 7.17. The van der Waals surface area contributed by atoms with Crippen LogP contribution in [-0.4, -0.2) is 43.9 Å². The van der Waals surface area contributed by atoms with Gasteiger partial charge in [0.15, 0.2) is 0 Å². The molecule has 1 unspecified atom stereocenters. The number of amides is 1. The fourth-order valence-corrected chi connectivity index (χ4v) is 6.05. The third-order valence-electron chi connectivity index (χ3n) is 8.39. The molecule has 0 radical (unpaired) electrons. The first-order chi connectivity index (χ1) is 22.1.